The third kappa shape index (κ3) is 6.68. The Kier molecular flexibility index (Phi) is 7.27. The Labute approximate surface area is 90.6 Å². The van der Waals surface area contributed by atoms with Crippen LogP contribution in [0.25, 0.3) is 0 Å². The molecular formula is C10H19N3O2. The number of ether oxygens (including phenoxy) is 1. The summed E-state index contributed by atoms with van der Waals surface area (Å²) in [6, 6.07) is -0.0228. The summed E-state index contributed by atoms with van der Waals surface area (Å²) < 4.78 is 4.71. The lowest BCUT2D eigenvalue weighted by Gasteiger charge is -2.14. The first-order valence-corrected chi connectivity index (χ1v) is 4.73. The van der Waals surface area contributed by atoms with Crippen LogP contribution in [-0.4, -0.2) is 39.1 Å². The van der Waals surface area contributed by atoms with Gasteiger partial charge in [0.15, 0.2) is 0 Å². The number of aliphatic imine (C=N–C) groups is 1. The van der Waals surface area contributed by atoms with Gasteiger partial charge in [-0.05, 0) is 19.4 Å². The van der Waals surface area contributed by atoms with Crippen molar-refractivity contribution in [3.05, 3.63) is 11.8 Å². The molecule has 0 fully saturated rings. The predicted octanol–water partition coefficient (Wildman–Crippen LogP) is 0.289. The third-order valence-electron chi connectivity index (χ3n) is 1.85. The van der Waals surface area contributed by atoms with Gasteiger partial charge in [0.25, 0.3) is 0 Å². The van der Waals surface area contributed by atoms with Crippen LogP contribution in [0.5, 0.6) is 0 Å². The molecule has 0 saturated heterocycles. The number of hydrogen-bond donors (Lipinski definition) is 2. The van der Waals surface area contributed by atoms with E-state index < -0.39 is 0 Å². The highest BCUT2D eigenvalue weighted by Crippen LogP contribution is 1.98. The van der Waals surface area contributed by atoms with Gasteiger partial charge in [-0.1, -0.05) is 0 Å². The van der Waals surface area contributed by atoms with Crippen molar-refractivity contribution in [2.75, 3.05) is 20.8 Å². The number of hydrogen-bond acceptors (Lipinski definition) is 3. The van der Waals surface area contributed by atoms with E-state index in [2.05, 4.69) is 15.6 Å². The van der Waals surface area contributed by atoms with Crippen LogP contribution in [0.2, 0.25) is 0 Å². The molecule has 0 saturated carbocycles. The van der Waals surface area contributed by atoms with E-state index in [0.29, 0.717) is 0 Å². The first-order valence-electron chi connectivity index (χ1n) is 4.73. The molecule has 0 aliphatic rings. The highest BCUT2D eigenvalue weighted by molar-refractivity contribution is 5.77. The second kappa shape index (κ2) is 7.99. The molecule has 2 N–H and O–H groups in total. The standard InChI is InChI=1S/C10H19N3O2/c1-8(5-12-7-11-3)9(2)13-10(14)6-15-4/h5,7,9H,6H2,1-4H3,(H,11,12)(H,13,14)/b8-5+. The van der Waals surface area contributed by atoms with Gasteiger partial charge < -0.3 is 15.4 Å². The molecule has 0 aliphatic heterocycles. The fourth-order valence-corrected chi connectivity index (χ4v) is 0.896. The second-order valence-electron chi connectivity index (χ2n) is 3.16. The highest BCUT2D eigenvalue weighted by Gasteiger charge is 2.07. The molecule has 0 bridgehead atoms. The van der Waals surface area contributed by atoms with E-state index in [1.807, 2.05) is 13.8 Å². The van der Waals surface area contributed by atoms with Crippen LogP contribution in [0.4, 0.5) is 0 Å². The van der Waals surface area contributed by atoms with Crippen molar-refractivity contribution in [2.24, 2.45) is 4.99 Å². The smallest absolute Gasteiger partial charge is 0.246 e. The number of nitrogens with one attached hydrogen (secondary N) is 2. The minimum absolute atomic E-state index is 0.0228. The van der Waals surface area contributed by atoms with Gasteiger partial charge in [0.1, 0.15) is 6.61 Å². The van der Waals surface area contributed by atoms with Gasteiger partial charge in [-0.2, -0.15) is 0 Å². The average Bonchev–Trinajstić information content (AvgIpc) is 2.18. The maximum atomic E-state index is 11.2. The SMILES string of the molecule is CN=CN/C=C(\C)C(C)NC(=O)COC. The number of rotatable bonds is 6. The van der Waals surface area contributed by atoms with Crippen LogP contribution in [0.3, 0.4) is 0 Å². The summed E-state index contributed by atoms with van der Waals surface area (Å²) in [6.45, 7) is 3.92. The van der Waals surface area contributed by atoms with Crippen LogP contribution in [0, 0.1) is 0 Å². The molecule has 1 unspecified atom stereocenters. The fourth-order valence-electron chi connectivity index (χ4n) is 0.896. The first kappa shape index (κ1) is 13.6. The Morgan fingerprint density at radius 3 is 2.80 bits per heavy atom. The van der Waals surface area contributed by atoms with Gasteiger partial charge in [-0.15, -0.1) is 0 Å². The van der Waals surface area contributed by atoms with Gasteiger partial charge in [0.2, 0.25) is 5.91 Å². The largest absolute Gasteiger partial charge is 0.375 e. The highest BCUT2D eigenvalue weighted by atomic mass is 16.5. The quantitative estimate of drug-likeness (QED) is 0.492. The zero-order valence-electron chi connectivity index (χ0n) is 9.70. The number of carbonyl (C=O) groups is 1. The van der Waals surface area contributed by atoms with Crippen molar-refractivity contribution >= 4 is 12.2 Å². The van der Waals surface area contributed by atoms with E-state index in [4.69, 9.17) is 4.74 Å². The Morgan fingerprint density at radius 1 is 1.60 bits per heavy atom. The Morgan fingerprint density at radius 2 is 2.27 bits per heavy atom. The van der Waals surface area contributed by atoms with Crippen LogP contribution in [0.1, 0.15) is 13.8 Å². The summed E-state index contributed by atoms with van der Waals surface area (Å²) in [5, 5.41) is 5.68. The number of amides is 1. The van der Waals surface area contributed by atoms with E-state index in [9.17, 15) is 4.79 Å². The summed E-state index contributed by atoms with van der Waals surface area (Å²) in [5.74, 6) is -0.123. The number of methoxy groups -OCH3 is 1. The molecule has 0 aliphatic carbocycles. The van der Waals surface area contributed by atoms with Crippen LogP contribution in [0.15, 0.2) is 16.8 Å². The van der Waals surface area contributed by atoms with Gasteiger partial charge >= 0.3 is 0 Å². The summed E-state index contributed by atoms with van der Waals surface area (Å²) in [7, 11) is 3.17. The maximum Gasteiger partial charge on any atom is 0.246 e. The van der Waals surface area contributed by atoms with Gasteiger partial charge in [-0.25, -0.2) is 0 Å². The molecule has 0 aromatic rings. The molecule has 0 heterocycles. The van der Waals surface area contributed by atoms with E-state index in [0.717, 1.165) is 5.57 Å². The van der Waals surface area contributed by atoms with E-state index in [-0.39, 0.29) is 18.6 Å². The van der Waals surface area contributed by atoms with Crippen LogP contribution in [-0.2, 0) is 9.53 Å². The molecule has 0 aromatic heterocycles. The molecule has 1 amide bonds. The summed E-state index contributed by atoms with van der Waals surface area (Å²) in [4.78, 5) is 14.9. The molecule has 0 rings (SSSR count). The lowest BCUT2D eigenvalue weighted by Crippen LogP contribution is -2.36. The molecule has 0 radical (unpaired) electrons. The summed E-state index contributed by atoms with van der Waals surface area (Å²) in [6.07, 6.45) is 3.37. The fraction of sp³-hybridized carbons (Fsp3) is 0.600. The zero-order chi connectivity index (χ0) is 11.7. The molecule has 1 atom stereocenters. The first-order chi connectivity index (χ1) is 7.11. The van der Waals surface area contributed by atoms with E-state index in [1.165, 1.54) is 7.11 Å². The molecule has 0 aromatic carbocycles. The molecule has 15 heavy (non-hydrogen) atoms. The van der Waals surface area contributed by atoms with Crippen molar-refractivity contribution in [1.29, 1.82) is 0 Å². The molecular weight excluding hydrogens is 194 g/mol. The minimum atomic E-state index is -0.123. The van der Waals surface area contributed by atoms with Crippen molar-refractivity contribution in [2.45, 2.75) is 19.9 Å². The van der Waals surface area contributed by atoms with E-state index in [1.54, 1.807) is 19.6 Å². The molecule has 86 valence electrons. The Balaban J connectivity index is 4.02. The molecule has 0 spiro atoms. The average molecular weight is 213 g/mol. The van der Waals surface area contributed by atoms with Gasteiger partial charge in [0.05, 0.1) is 6.34 Å². The lowest BCUT2D eigenvalue weighted by molar-refractivity contribution is -0.125. The number of carbonyl (C=O) groups excluding carboxylic acids is 1. The Bertz CT molecular complexity index is 249. The van der Waals surface area contributed by atoms with Crippen LogP contribution >= 0.6 is 0 Å². The van der Waals surface area contributed by atoms with Gasteiger partial charge in [0, 0.05) is 26.4 Å². The zero-order valence-corrected chi connectivity index (χ0v) is 9.70. The second-order valence-corrected chi connectivity index (χ2v) is 3.16. The Hall–Kier alpha value is -1.36. The summed E-state index contributed by atoms with van der Waals surface area (Å²) in [5.41, 5.74) is 1.01. The monoisotopic (exact) mass is 213 g/mol. The predicted molar refractivity (Wildman–Crippen MR) is 60.8 cm³/mol. The minimum Gasteiger partial charge on any atom is -0.375 e. The topological polar surface area (TPSA) is 62.7 Å². The molecule has 5 heteroatoms. The van der Waals surface area contributed by atoms with Gasteiger partial charge in [-0.3, -0.25) is 9.79 Å². The van der Waals surface area contributed by atoms with Crippen molar-refractivity contribution in [3.63, 3.8) is 0 Å². The van der Waals surface area contributed by atoms with Crippen molar-refractivity contribution in [3.8, 4) is 0 Å². The normalized spacial score (nSPS) is 14.0. The molecule has 5 nitrogen and oxygen atoms in total. The number of nitrogens with zero attached hydrogens (tertiary/aromatic N) is 1. The van der Waals surface area contributed by atoms with Crippen LogP contribution < -0.4 is 10.6 Å². The van der Waals surface area contributed by atoms with Crippen molar-refractivity contribution in [1.82, 2.24) is 10.6 Å². The third-order valence-corrected chi connectivity index (χ3v) is 1.85. The summed E-state index contributed by atoms with van der Waals surface area (Å²) >= 11 is 0. The van der Waals surface area contributed by atoms with Crippen molar-refractivity contribution < 1.29 is 9.53 Å². The van der Waals surface area contributed by atoms with E-state index >= 15 is 0 Å². The maximum absolute atomic E-state index is 11.2. The lowest BCUT2D eigenvalue weighted by atomic mass is 10.1.